The molecule has 0 saturated heterocycles. The molecule has 0 aliphatic carbocycles. The van der Waals surface area contributed by atoms with Gasteiger partial charge in [-0.1, -0.05) is 57.9 Å². The zero-order valence-corrected chi connectivity index (χ0v) is 18.0. The average molecular weight is 448 g/mol. The second-order valence-electron chi connectivity index (χ2n) is 7.24. The normalized spacial score (nSPS) is 12.1. The van der Waals surface area contributed by atoms with Crippen LogP contribution in [0.2, 0.25) is 0 Å². The zero-order chi connectivity index (χ0) is 20.4. The second-order valence-corrected chi connectivity index (χ2v) is 8.16. The van der Waals surface area contributed by atoms with Gasteiger partial charge in [0.15, 0.2) is 0 Å². The average Bonchev–Trinajstić information content (AvgIpc) is 3.07. The number of imidazole rings is 1. The monoisotopic (exact) mass is 447 g/mol. The molecule has 1 N–H and O–H groups in total. The lowest BCUT2D eigenvalue weighted by molar-refractivity contribution is 0.0937. The number of rotatable bonds is 5. The number of aryl methyl sites for hydroxylation is 1. The first-order valence-electron chi connectivity index (χ1n) is 9.58. The van der Waals surface area contributed by atoms with Gasteiger partial charge in [-0.3, -0.25) is 4.79 Å². The van der Waals surface area contributed by atoms with Gasteiger partial charge in [0.25, 0.3) is 5.91 Å². The summed E-state index contributed by atoms with van der Waals surface area (Å²) in [5.41, 5.74) is 4.87. The van der Waals surface area contributed by atoms with Crippen molar-refractivity contribution >= 4 is 32.9 Å². The molecule has 29 heavy (non-hydrogen) atoms. The molecule has 0 aliphatic heterocycles. The Hall–Kier alpha value is -2.92. The van der Waals surface area contributed by atoms with Crippen LogP contribution in [0.4, 0.5) is 0 Å². The summed E-state index contributed by atoms with van der Waals surface area (Å²) < 4.78 is 3.22. The van der Waals surface area contributed by atoms with E-state index in [4.69, 9.17) is 4.98 Å². The van der Waals surface area contributed by atoms with Crippen molar-refractivity contribution in [3.63, 3.8) is 0 Å². The van der Waals surface area contributed by atoms with Gasteiger partial charge in [0.2, 0.25) is 0 Å². The van der Waals surface area contributed by atoms with E-state index < -0.39 is 0 Å². The molecule has 1 aromatic heterocycles. The molecule has 0 aliphatic rings. The SMILES string of the molecule is Cc1cccc(C(=O)NC(C)c2nc3ccccc3n2Cc2cccc(Br)c2)c1. The molecule has 0 spiro atoms. The maximum absolute atomic E-state index is 12.8. The van der Waals surface area contributed by atoms with Gasteiger partial charge >= 0.3 is 0 Å². The Labute approximate surface area is 178 Å². The summed E-state index contributed by atoms with van der Waals surface area (Å²) in [7, 11) is 0. The minimum Gasteiger partial charge on any atom is -0.342 e. The number of halogens is 1. The first kappa shape index (κ1) is 19.4. The van der Waals surface area contributed by atoms with E-state index in [2.05, 4.69) is 44.0 Å². The van der Waals surface area contributed by atoms with Crippen LogP contribution in [-0.2, 0) is 6.54 Å². The molecule has 1 heterocycles. The van der Waals surface area contributed by atoms with Crippen LogP contribution in [0.3, 0.4) is 0 Å². The molecule has 0 bridgehead atoms. The Kier molecular flexibility index (Phi) is 5.49. The topological polar surface area (TPSA) is 46.9 Å². The summed E-state index contributed by atoms with van der Waals surface area (Å²) in [6, 6.07) is 23.7. The first-order chi connectivity index (χ1) is 14.0. The van der Waals surface area contributed by atoms with E-state index in [1.54, 1.807) is 0 Å². The van der Waals surface area contributed by atoms with Crippen molar-refractivity contribution in [3.8, 4) is 0 Å². The van der Waals surface area contributed by atoms with E-state index in [0.717, 1.165) is 26.9 Å². The Morgan fingerprint density at radius 1 is 1.07 bits per heavy atom. The summed E-state index contributed by atoms with van der Waals surface area (Å²) in [5, 5.41) is 3.11. The fraction of sp³-hybridized carbons (Fsp3) is 0.167. The van der Waals surface area contributed by atoms with Crippen molar-refractivity contribution in [2.45, 2.75) is 26.4 Å². The molecule has 3 aromatic carbocycles. The quantitative estimate of drug-likeness (QED) is 0.429. The van der Waals surface area contributed by atoms with E-state index >= 15 is 0 Å². The maximum atomic E-state index is 12.8. The largest absolute Gasteiger partial charge is 0.342 e. The van der Waals surface area contributed by atoms with Crippen LogP contribution in [0.1, 0.15) is 40.3 Å². The van der Waals surface area contributed by atoms with E-state index in [1.807, 2.05) is 68.4 Å². The number of amides is 1. The van der Waals surface area contributed by atoms with Gasteiger partial charge < -0.3 is 9.88 Å². The smallest absolute Gasteiger partial charge is 0.251 e. The molecule has 1 unspecified atom stereocenters. The summed E-state index contributed by atoms with van der Waals surface area (Å²) in [4.78, 5) is 17.6. The second kappa shape index (κ2) is 8.21. The highest BCUT2D eigenvalue weighted by molar-refractivity contribution is 9.10. The van der Waals surface area contributed by atoms with Crippen molar-refractivity contribution in [1.82, 2.24) is 14.9 Å². The third kappa shape index (κ3) is 4.25. The molecule has 5 heteroatoms. The number of aromatic nitrogens is 2. The highest BCUT2D eigenvalue weighted by Gasteiger charge is 2.19. The van der Waals surface area contributed by atoms with Crippen molar-refractivity contribution in [2.24, 2.45) is 0 Å². The lowest BCUT2D eigenvalue weighted by atomic mass is 10.1. The van der Waals surface area contributed by atoms with Gasteiger partial charge in [0, 0.05) is 16.6 Å². The van der Waals surface area contributed by atoms with Crippen LogP contribution in [0.25, 0.3) is 11.0 Å². The summed E-state index contributed by atoms with van der Waals surface area (Å²) in [6.45, 7) is 4.64. The Balaban J connectivity index is 1.68. The summed E-state index contributed by atoms with van der Waals surface area (Å²) in [5.74, 6) is 0.745. The van der Waals surface area contributed by atoms with Gasteiger partial charge in [-0.25, -0.2) is 4.98 Å². The maximum Gasteiger partial charge on any atom is 0.251 e. The van der Waals surface area contributed by atoms with Crippen LogP contribution in [-0.4, -0.2) is 15.5 Å². The fourth-order valence-corrected chi connectivity index (χ4v) is 3.99. The number of hydrogen-bond acceptors (Lipinski definition) is 2. The number of hydrogen-bond donors (Lipinski definition) is 1. The molecule has 1 amide bonds. The van der Waals surface area contributed by atoms with E-state index in [1.165, 1.54) is 5.56 Å². The van der Waals surface area contributed by atoms with Gasteiger partial charge in [-0.05, 0) is 55.8 Å². The molecular weight excluding hydrogens is 426 g/mol. The summed E-state index contributed by atoms with van der Waals surface area (Å²) in [6.07, 6.45) is 0. The van der Waals surface area contributed by atoms with Crippen LogP contribution < -0.4 is 5.32 Å². The molecule has 4 rings (SSSR count). The standard InChI is InChI=1S/C24H22BrN3O/c1-16-7-5-9-19(13-16)24(29)26-17(2)23-27-21-11-3-4-12-22(21)28(23)15-18-8-6-10-20(25)14-18/h3-14,17H,15H2,1-2H3,(H,26,29). The lowest BCUT2D eigenvalue weighted by Gasteiger charge is -2.17. The number of fused-ring (bicyclic) bond motifs is 1. The van der Waals surface area contributed by atoms with E-state index in [0.29, 0.717) is 12.1 Å². The summed E-state index contributed by atoms with van der Waals surface area (Å²) >= 11 is 3.55. The number of carbonyl (C=O) groups is 1. The number of nitrogens with zero attached hydrogens (tertiary/aromatic N) is 2. The molecule has 0 radical (unpaired) electrons. The van der Waals surface area contributed by atoms with Gasteiger partial charge in [0.1, 0.15) is 5.82 Å². The van der Waals surface area contributed by atoms with Crippen molar-refractivity contribution in [1.29, 1.82) is 0 Å². The molecule has 4 nitrogen and oxygen atoms in total. The number of nitrogens with one attached hydrogen (secondary N) is 1. The third-order valence-electron chi connectivity index (χ3n) is 4.93. The highest BCUT2D eigenvalue weighted by Crippen LogP contribution is 2.23. The van der Waals surface area contributed by atoms with E-state index in [9.17, 15) is 4.79 Å². The Bertz CT molecular complexity index is 1180. The predicted octanol–water partition coefficient (Wildman–Crippen LogP) is 5.65. The molecule has 146 valence electrons. The van der Waals surface area contributed by atoms with Crippen LogP contribution >= 0.6 is 15.9 Å². The first-order valence-corrected chi connectivity index (χ1v) is 10.4. The predicted molar refractivity (Wildman–Crippen MR) is 120 cm³/mol. The van der Waals surface area contributed by atoms with E-state index in [-0.39, 0.29) is 11.9 Å². The van der Waals surface area contributed by atoms with Gasteiger partial charge in [-0.2, -0.15) is 0 Å². The number of carbonyl (C=O) groups excluding carboxylic acids is 1. The van der Waals surface area contributed by atoms with Crippen molar-refractivity contribution < 1.29 is 4.79 Å². The van der Waals surface area contributed by atoms with Crippen LogP contribution in [0.15, 0.2) is 77.3 Å². The molecule has 0 saturated carbocycles. The molecular formula is C24H22BrN3O. The number of benzene rings is 3. The van der Waals surface area contributed by atoms with Crippen molar-refractivity contribution in [3.05, 3.63) is 99.8 Å². The van der Waals surface area contributed by atoms with Crippen LogP contribution in [0, 0.1) is 6.92 Å². The molecule has 0 fully saturated rings. The Morgan fingerprint density at radius 2 is 1.86 bits per heavy atom. The minimum absolute atomic E-state index is 0.0951. The van der Waals surface area contributed by atoms with Gasteiger partial charge in [0.05, 0.1) is 17.1 Å². The fourth-order valence-electron chi connectivity index (χ4n) is 3.54. The molecule has 4 aromatic rings. The Morgan fingerprint density at radius 3 is 2.66 bits per heavy atom. The minimum atomic E-state index is -0.234. The van der Waals surface area contributed by atoms with Crippen LogP contribution in [0.5, 0.6) is 0 Å². The lowest BCUT2D eigenvalue weighted by Crippen LogP contribution is -2.28. The van der Waals surface area contributed by atoms with Crippen molar-refractivity contribution in [2.75, 3.05) is 0 Å². The highest BCUT2D eigenvalue weighted by atomic mass is 79.9. The molecule has 1 atom stereocenters. The third-order valence-corrected chi connectivity index (χ3v) is 5.42. The number of para-hydroxylation sites is 2. The zero-order valence-electron chi connectivity index (χ0n) is 16.4. The van der Waals surface area contributed by atoms with Gasteiger partial charge in [-0.15, -0.1) is 0 Å².